The molecular formula is C35H62INO13. The molecule has 3 saturated heterocycles. The molecular weight excluding hydrogens is 769 g/mol. The Balaban J connectivity index is 2.20. The molecule has 3 heterocycles. The first kappa shape index (κ1) is 43.8. The van der Waals surface area contributed by atoms with Crippen molar-refractivity contribution < 1.29 is 63.2 Å². The number of likely N-dealkylation sites (N-methyl/N-ethyl adjacent to an activating group) is 1. The Bertz CT molecular complexity index is 1150. The third-order valence-corrected chi connectivity index (χ3v) is 13.2. The minimum absolute atomic E-state index is 0.0606. The third-order valence-electron chi connectivity index (χ3n) is 11.7. The van der Waals surface area contributed by atoms with Crippen LogP contribution in [0, 0.1) is 23.7 Å². The van der Waals surface area contributed by atoms with Crippen molar-refractivity contribution in [1.82, 2.24) is 5.32 Å². The Kier molecular flexibility index (Phi) is 15.1. The lowest BCUT2D eigenvalue weighted by Crippen LogP contribution is -2.62. The molecule has 0 bridgehead atoms. The number of methoxy groups -OCH3 is 2. The highest BCUT2D eigenvalue weighted by Crippen LogP contribution is 2.42. The van der Waals surface area contributed by atoms with Gasteiger partial charge in [0, 0.05) is 44.9 Å². The number of esters is 1. The van der Waals surface area contributed by atoms with Crippen LogP contribution in [0.5, 0.6) is 0 Å². The van der Waals surface area contributed by atoms with E-state index in [-0.39, 0.29) is 30.8 Å². The highest BCUT2D eigenvalue weighted by Gasteiger charge is 2.54. The van der Waals surface area contributed by atoms with Crippen LogP contribution in [0.15, 0.2) is 0 Å². The number of hydrogen-bond acceptors (Lipinski definition) is 14. The molecule has 15 heteroatoms. The molecule has 0 aromatic heterocycles. The molecule has 5 N–H and O–H groups in total. The number of nitrogens with one attached hydrogen (secondary N) is 1. The molecule has 0 unspecified atom stereocenters. The first-order valence-electron chi connectivity index (χ1n) is 17.6. The number of aliphatic hydroxyl groups is 4. The van der Waals surface area contributed by atoms with Crippen LogP contribution in [0.25, 0.3) is 0 Å². The minimum atomic E-state index is -1.98. The summed E-state index contributed by atoms with van der Waals surface area (Å²) in [6.45, 7) is 15.3. The van der Waals surface area contributed by atoms with Crippen LogP contribution in [0.1, 0.15) is 81.6 Å². The topological polar surface area (TPSA) is 192 Å². The highest BCUT2D eigenvalue weighted by atomic mass is 127. The molecule has 3 fully saturated rings. The van der Waals surface area contributed by atoms with Crippen molar-refractivity contribution >= 4 is 34.3 Å². The Labute approximate surface area is 310 Å². The van der Waals surface area contributed by atoms with Crippen molar-refractivity contribution in [3.05, 3.63) is 0 Å². The maximum Gasteiger partial charge on any atom is 0.312 e. The van der Waals surface area contributed by atoms with E-state index in [1.54, 1.807) is 57.3 Å². The summed E-state index contributed by atoms with van der Waals surface area (Å²) in [6, 6.07) is -0.336. The summed E-state index contributed by atoms with van der Waals surface area (Å²) >= 11 is 1.75. The van der Waals surface area contributed by atoms with Crippen molar-refractivity contribution in [3.63, 3.8) is 0 Å². The summed E-state index contributed by atoms with van der Waals surface area (Å²) in [5.74, 6) is -4.39. The fraction of sp³-hybridized carbons (Fsp3) is 0.943. The number of aliphatic hydroxyl groups excluding tert-OH is 3. The van der Waals surface area contributed by atoms with E-state index < -0.39 is 99.8 Å². The van der Waals surface area contributed by atoms with E-state index in [9.17, 15) is 30.0 Å². The van der Waals surface area contributed by atoms with Crippen molar-refractivity contribution in [2.45, 2.75) is 164 Å². The number of halogens is 1. The molecule has 0 aromatic rings. The van der Waals surface area contributed by atoms with Gasteiger partial charge in [0.15, 0.2) is 16.7 Å². The quantitative estimate of drug-likeness (QED) is 0.142. The van der Waals surface area contributed by atoms with Gasteiger partial charge in [0.2, 0.25) is 0 Å². The lowest BCUT2D eigenvalue weighted by Gasteiger charge is -2.50. The number of cyclic esters (lactones) is 1. The Hall–Kier alpha value is -0.570. The van der Waals surface area contributed by atoms with Crippen molar-refractivity contribution in [2.24, 2.45) is 23.7 Å². The first-order chi connectivity index (χ1) is 23.1. The average molecular weight is 832 g/mol. The SMILES string of the molecule is CN[C@H]1C[C@@H](C)O[C@@H](O[C@@H]2[C@@H](C)[C@H](O[C@H]3C[C@@](C)(OC)[C@@H](O)[C@H](C)O3)[C@@H](C)C(=O)O[C@H](I)[C@@](C)(O)[C@H](O)[C@@H](C)C(=O)C[C@@H](C)[C@@]2(C)OC)[C@@H]1O. The van der Waals surface area contributed by atoms with Gasteiger partial charge >= 0.3 is 5.97 Å². The van der Waals surface area contributed by atoms with Gasteiger partial charge in [-0.1, -0.05) is 20.8 Å². The Morgan fingerprint density at radius 3 is 2.08 bits per heavy atom. The van der Waals surface area contributed by atoms with Gasteiger partial charge in [-0.25, -0.2) is 0 Å². The predicted molar refractivity (Wildman–Crippen MR) is 190 cm³/mol. The van der Waals surface area contributed by atoms with E-state index in [1.165, 1.54) is 28.1 Å². The molecule has 3 aliphatic rings. The molecule has 0 aromatic carbocycles. The molecule has 3 aliphatic heterocycles. The zero-order valence-electron chi connectivity index (χ0n) is 31.6. The maximum atomic E-state index is 14.0. The summed E-state index contributed by atoms with van der Waals surface area (Å²) in [5, 5.41) is 48.0. The maximum absolute atomic E-state index is 14.0. The molecule has 50 heavy (non-hydrogen) atoms. The molecule has 0 radical (unpaired) electrons. The van der Waals surface area contributed by atoms with Gasteiger partial charge in [0.25, 0.3) is 0 Å². The molecule has 0 spiro atoms. The van der Waals surface area contributed by atoms with Gasteiger partial charge < -0.3 is 58.9 Å². The van der Waals surface area contributed by atoms with Gasteiger partial charge in [0.05, 0.1) is 47.6 Å². The average Bonchev–Trinajstić information content (AvgIpc) is 3.07. The number of alkyl halides is 1. The molecule has 3 rings (SSSR count). The van der Waals surface area contributed by atoms with Gasteiger partial charge in [-0.15, -0.1) is 0 Å². The number of Topliss-reactive ketones (excluding diaryl/α,β-unsaturated/α-hetero) is 1. The monoisotopic (exact) mass is 831 g/mol. The van der Waals surface area contributed by atoms with Crippen LogP contribution in [0.4, 0.5) is 0 Å². The number of ketones is 1. The number of carbonyl (C=O) groups is 2. The second-order valence-corrected chi connectivity index (χ2v) is 16.5. The fourth-order valence-electron chi connectivity index (χ4n) is 7.58. The van der Waals surface area contributed by atoms with Crippen molar-refractivity contribution in [2.75, 3.05) is 21.3 Å². The van der Waals surface area contributed by atoms with E-state index in [1.807, 2.05) is 20.8 Å². The lowest BCUT2D eigenvalue weighted by molar-refractivity contribution is -0.319. The van der Waals surface area contributed by atoms with Crippen LogP contribution >= 0.6 is 22.6 Å². The predicted octanol–water partition coefficient (Wildman–Crippen LogP) is 2.08. The van der Waals surface area contributed by atoms with Gasteiger partial charge in [0.1, 0.15) is 23.6 Å². The van der Waals surface area contributed by atoms with Crippen LogP contribution in [-0.2, 0) is 42.7 Å². The van der Waals surface area contributed by atoms with Crippen LogP contribution in [-0.4, -0.2) is 136 Å². The molecule has 292 valence electrons. The molecule has 18 atom stereocenters. The van der Waals surface area contributed by atoms with Gasteiger partial charge in [-0.05, 0) is 83.5 Å². The summed E-state index contributed by atoms with van der Waals surface area (Å²) in [7, 11) is 4.75. The largest absolute Gasteiger partial charge is 0.448 e. The molecule has 0 aliphatic carbocycles. The van der Waals surface area contributed by atoms with Crippen molar-refractivity contribution in [3.8, 4) is 0 Å². The van der Waals surface area contributed by atoms with E-state index in [0.29, 0.717) is 6.42 Å². The van der Waals surface area contributed by atoms with E-state index in [2.05, 4.69) is 5.32 Å². The molecule has 0 amide bonds. The van der Waals surface area contributed by atoms with Gasteiger partial charge in [-0.2, -0.15) is 0 Å². The normalized spacial score (nSPS) is 50.4. The lowest BCUT2D eigenvalue weighted by atomic mass is 9.73. The van der Waals surface area contributed by atoms with Gasteiger partial charge in [-0.3, -0.25) is 9.59 Å². The second-order valence-electron chi connectivity index (χ2n) is 15.3. The Morgan fingerprint density at radius 2 is 1.52 bits per heavy atom. The zero-order chi connectivity index (χ0) is 38.1. The number of rotatable bonds is 7. The van der Waals surface area contributed by atoms with Crippen LogP contribution < -0.4 is 5.32 Å². The minimum Gasteiger partial charge on any atom is -0.448 e. The molecule has 14 nitrogen and oxygen atoms in total. The van der Waals surface area contributed by atoms with E-state index in [4.69, 9.17) is 33.2 Å². The molecule has 0 saturated carbocycles. The Morgan fingerprint density at radius 1 is 0.900 bits per heavy atom. The highest BCUT2D eigenvalue weighted by molar-refractivity contribution is 14.1. The first-order valence-corrected chi connectivity index (χ1v) is 18.9. The smallest absolute Gasteiger partial charge is 0.312 e. The summed E-state index contributed by atoms with van der Waals surface area (Å²) in [6.07, 6.45) is -7.98. The zero-order valence-corrected chi connectivity index (χ0v) is 33.8. The van der Waals surface area contributed by atoms with Crippen molar-refractivity contribution in [1.29, 1.82) is 0 Å². The van der Waals surface area contributed by atoms with E-state index in [0.717, 1.165) is 0 Å². The summed E-state index contributed by atoms with van der Waals surface area (Å²) < 4.78 is 42.2. The second kappa shape index (κ2) is 17.3. The van der Waals surface area contributed by atoms with Crippen LogP contribution in [0.2, 0.25) is 0 Å². The number of hydrogen-bond donors (Lipinski definition) is 5. The van der Waals surface area contributed by atoms with E-state index >= 15 is 0 Å². The number of carbonyl (C=O) groups excluding carboxylic acids is 2. The summed E-state index contributed by atoms with van der Waals surface area (Å²) in [4.78, 5) is 27.7. The third kappa shape index (κ3) is 9.03. The summed E-state index contributed by atoms with van der Waals surface area (Å²) in [5.41, 5.74) is -4.27. The standard InChI is InChI=1S/C35H62INO13/c1-16-13-23(38)18(3)27(40)34(8,43)32(36)50-30(42)20(5)26(48-24-15-33(7,44-11)28(41)21(6)47-24)19(4)29(35(16,9)45-12)49-31-25(39)22(37-10)14-17(2)46-31/h16-22,24-29,31-32,37,39-41,43H,13-15H2,1-12H3/t16-,17-,18+,19+,20-,21+,22+,24+,25-,26+,27-,28+,29-,31+,32+,33-,34+,35-/m1/s1. The fourth-order valence-corrected chi connectivity index (χ4v) is 8.20. The number of ether oxygens (including phenoxy) is 7. The van der Waals surface area contributed by atoms with Crippen LogP contribution in [0.3, 0.4) is 0 Å².